The summed E-state index contributed by atoms with van der Waals surface area (Å²) in [6, 6.07) is 12.1. The fourth-order valence-corrected chi connectivity index (χ4v) is 2.41. The molecule has 0 aliphatic rings. The smallest absolute Gasteiger partial charge is 0.325 e. The Morgan fingerprint density at radius 2 is 1.67 bits per heavy atom. The molecule has 2 amide bonds. The number of carboxylic acid groups (broad SMARTS) is 1. The molecule has 3 N–H and O–H groups in total. The number of amides is 2. The molecule has 0 saturated heterocycles. The minimum atomic E-state index is -1.19. The minimum absolute atomic E-state index is 0.0849. The maximum atomic E-state index is 12.5. The summed E-state index contributed by atoms with van der Waals surface area (Å²) >= 11 is 9.14. The molecule has 2 rings (SSSR count). The van der Waals surface area contributed by atoms with Crippen LogP contribution in [0.1, 0.15) is 22.8 Å². The molecule has 2 aromatic carbocycles. The Kier molecular flexibility index (Phi) is 7.15. The highest BCUT2D eigenvalue weighted by Crippen LogP contribution is 2.14. The van der Waals surface area contributed by atoms with Crippen LogP contribution >= 0.6 is 27.5 Å². The Morgan fingerprint density at radius 3 is 2.22 bits per heavy atom. The molecule has 0 aromatic heterocycles. The monoisotopic (exact) mass is 450 g/mol. The molecule has 8 heteroatoms. The van der Waals surface area contributed by atoms with Crippen LogP contribution in [0.15, 0.2) is 58.7 Å². The van der Waals surface area contributed by atoms with Crippen molar-refractivity contribution < 1.29 is 19.5 Å². The van der Waals surface area contributed by atoms with Gasteiger partial charge in [-0.2, -0.15) is 0 Å². The van der Waals surface area contributed by atoms with E-state index in [-0.39, 0.29) is 5.70 Å². The van der Waals surface area contributed by atoms with Gasteiger partial charge in [0.2, 0.25) is 0 Å². The molecule has 0 saturated carbocycles. The lowest BCUT2D eigenvalue weighted by Gasteiger charge is -2.13. The Morgan fingerprint density at radius 1 is 1.07 bits per heavy atom. The van der Waals surface area contributed by atoms with Gasteiger partial charge in [-0.1, -0.05) is 39.7 Å². The van der Waals surface area contributed by atoms with E-state index >= 15 is 0 Å². The summed E-state index contributed by atoms with van der Waals surface area (Å²) in [5, 5.41) is 14.4. The fourth-order valence-electron chi connectivity index (χ4n) is 2.02. The van der Waals surface area contributed by atoms with Crippen LogP contribution in [0.4, 0.5) is 0 Å². The number of halogens is 2. The van der Waals surface area contributed by atoms with Gasteiger partial charge in [-0.15, -0.1) is 0 Å². The molecule has 2 aromatic rings. The highest BCUT2D eigenvalue weighted by Gasteiger charge is 2.19. The largest absolute Gasteiger partial charge is 0.480 e. The van der Waals surface area contributed by atoms with Crippen molar-refractivity contribution in [1.82, 2.24) is 10.6 Å². The van der Waals surface area contributed by atoms with E-state index in [0.717, 1.165) is 4.47 Å². The first-order valence-electron chi connectivity index (χ1n) is 7.84. The van der Waals surface area contributed by atoms with Crippen LogP contribution in [0.5, 0.6) is 0 Å². The number of carboxylic acids is 1. The molecular formula is C19H16BrClN2O4. The molecule has 0 unspecified atom stereocenters. The number of rotatable bonds is 6. The van der Waals surface area contributed by atoms with Crippen LogP contribution in [0.2, 0.25) is 5.02 Å². The van der Waals surface area contributed by atoms with Crippen molar-refractivity contribution in [2.24, 2.45) is 0 Å². The third kappa shape index (κ3) is 6.23. The van der Waals surface area contributed by atoms with Gasteiger partial charge in [0.25, 0.3) is 11.8 Å². The number of benzene rings is 2. The van der Waals surface area contributed by atoms with Gasteiger partial charge in [-0.05, 0) is 55.0 Å². The molecule has 0 aliphatic carbocycles. The van der Waals surface area contributed by atoms with E-state index in [9.17, 15) is 14.4 Å². The third-order valence-corrected chi connectivity index (χ3v) is 4.28. The highest BCUT2D eigenvalue weighted by atomic mass is 79.9. The van der Waals surface area contributed by atoms with E-state index in [2.05, 4.69) is 26.6 Å². The lowest BCUT2D eigenvalue weighted by molar-refractivity contribution is -0.140. The van der Waals surface area contributed by atoms with Crippen LogP contribution in [0, 0.1) is 0 Å². The van der Waals surface area contributed by atoms with Crippen LogP contribution in [0.3, 0.4) is 0 Å². The lowest BCUT2D eigenvalue weighted by Crippen LogP contribution is -2.42. The van der Waals surface area contributed by atoms with Gasteiger partial charge < -0.3 is 15.7 Å². The van der Waals surface area contributed by atoms with Gasteiger partial charge in [0, 0.05) is 15.1 Å². The quantitative estimate of drug-likeness (QED) is 0.586. The second-order valence-electron chi connectivity index (χ2n) is 5.60. The first-order chi connectivity index (χ1) is 12.8. The summed E-state index contributed by atoms with van der Waals surface area (Å²) in [6.45, 7) is 1.33. The topological polar surface area (TPSA) is 95.5 Å². The van der Waals surface area contributed by atoms with E-state index in [1.165, 1.54) is 13.0 Å². The number of nitrogens with one attached hydrogen (secondary N) is 2. The van der Waals surface area contributed by atoms with Gasteiger partial charge in [0.15, 0.2) is 0 Å². The standard InChI is InChI=1S/C19H16BrClN2O4/c1-11(19(26)27)22-18(25)16(10-12-2-8-15(21)9-3-12)23-17(24)13-4-6-14(20)7-5-13/h2-11H,1H3,(H,22,25)(H,23,24)(H,26,27)/b16-10-/t11-/m1/s1. The molecule has 0 radical (unpaired) electrons. The molecule has 0 bridgehead atoms. The Bertz CT molecular complexity index is 880. The molecule has 0 aliphatic heterocycles. The Labute approximate surface area is 169 Å². The van der Waals surface area contributed by atoms with Gasteiger partial charge in [-0.25, -0.2) is 0 Å². The van der Waals surface area contributed by atoms with Gasteiger partial charge in [0.1, 0.15) is 11.7 Å². The zero-order chi connectivity index (χ0) is 20.0. The predicted octanol–water partition coefficient (Wildman–Crippen LogP) is 3.46. The van der Waals surface area contributed by atoms with Gasteiger partial charge in [0.05, 0.1) is 0 Å². The van der Waals surface area contributed by atoms with Crippen LogP contribution in [0.25, 0.3) is 6.08 Å². The van der Waals surface area contributed by atoms with E-state index < -0.39 is 23.8 Å². The van der Waals surface area contributed by atoms with Crippen molar-refractivity contribution in [3.63, 3.8) is 0 Å². The van der Waals surface area contributed by atoms with Crippen molar-refractivity contribution >= 4 is 51.4 Å². The van der Waals surface area contributed by atoms with E-state index in [1.807, 2.05) is 0 Å². The highest BCUT2D eigenvalue weighted by molar-refractivity contribution is 9.10. The van der Waals surface area contributed by atoms with Crippen molar-refractivity contribution in [1.29, 1.82) is 0 Å². The predicted molar refractivity (Wildman–Crippen MR) is 106 cm³/mol. The Hall–Kier alpha value is -2.64. The molecular weight excluding hydrogens is 436 g/mol. The summed E-state index contributed by atoms with van der Waals surface area (Å²) in [7, 11) is 0. The second kappa shape index (κ2) is 9.34. The first-order valence-corrected chi connectivity index (χ1v) is 9.01. The summed E-state index contributed by atoms with van der Waals surface area (Å²) in [6.07, 6.45) is 1.44. The number of hydrogen-bond donors (Lipinski definition) is 3. The average Bonchev–Trinajstić information content (AvgIpc) is 2.63. The van der Waals surface area contributed by atoms with Crippen LogP contribution < -0.4 is 10.6 Å². The van der Waals surface area contributed by atoms with Crippen molar-refractivity contribution in [2.45, 2.75) is 13.0 Å². The molecule has 0 heterocycles. The Balaban J connectivity index is 2.29. The zero-order valence-electron chi connectivity index (χ0n) is 14.2. The molecule has 0 fully saturated rings. The number of hydrogen-bond acceptors (Lipinski definition) is 3. The molecule has 6 nitrogen and oxygen atoms in total. The first kappa shape index (κ1) is 20.7. The SMILES string of the molecule is C[C@@H](NC(=O)/C(=C/c1ccc(Cl)cc1)NC(=O)c1ccc(Br)cc1)C(=O)O. The van der Waals surface area contributed by atoms with Crippen molar-refractivity contribution in [3.8, 4) is 0 Å². The zero-order valence-corrected chi connectivity index (χ0v) is 16.5. The maximum Gasteiger partial charge on any atom is 0.325 e. The fraction of sp³-hybridized carbons (Fsp3) is 0.105. The number of carbonyl (C=O) groups excluding carboxylic acids is 2. The summed E-state index contributed by atoms with van der Waals surface area (Å²) in [5.74, 6) is -2.40. The minimum Gasteiger partial charge on any atom is -0.480 e. The lowest BCUT2D eigenvalue weighted by atomic mass is 10.1. The molecule has 1 atom stereocenters. The third-order valence-electron chi connectivity index (χ3n) is 3.50. The van der Waals surface area contributed by atoms with Crippen molar-refractivity contribution in [3.05, 3.63) is 74.9 Å². The number of aliphatic carboxylic acids is 1. The second-order valence-corrected chi connectivity index (χ2v) is 6.96. The van der Waals surface area contributed by atoms with Crippen LogP contribution in [-0.2, 0) is 9.59 Å². The molecule has 27 heavy (non-hydrogen) atoms. The van der Waals surface area contributed by atoms with E-state index in [0.29, 0.717) is 16.1 Å². The average molecular weight is 452 g/mol. The summed E-state index contributed by atoms with van der Waals surface area (Å²) < 4.78 is 0.809. The molecule has 0 spiro atoms. The van der Waals surface area contributed by atoms with Crippen LogP contribution in [-0.4, -0.2) is 28.9 Å². The maximum absolute atomic E-state index is 12.5. The summed E-state index contributed by atoms with van der Waals surface area (Å²) in [4.78, 5) is 35.9. The van der Waals surface area contributed by atoms with E-state index in [4.69, 9.17) is 16.7 Å². The van der Waals surface area contributed by atoms with E-state index in [1.54, 1.807) is 48.5 Å². The van der Waals surface area contributed by atoms with Gasteiger partial charge in [-0.3, -0.25) is 14.4 Å². The summed E-state index contributed by atoms with van der Waals surface area (Å²) in [5.41, 5.74) is 0.876. The normalized spacial score (nSPS) is 12.2. The van der Waals surface area contributed by atoms with Gasteiger partial charge >= 0.3 is 5.97 Å². The van der Waals surface area contributed by atoms with Crippen molar-refractivity contribution in [2.75, 3.05) is 0 Å². The molecule has 140 valence electrons. The number of carbonyl (C=O) groups is 3.